The minimum Gasteiger partial charge on any atom is -0.481 e. The molecule has 0 spiro atoms. The number of hydrogen-bond acceptors (Lipinski definition) is 5. The van der Waals surface area contributed by atoms with Gasteiger partial charge in [-0.3, -0.25) is 15.6 Å². The number of hydrogen-bond donors (Lipinski definition) is 5. The van der Waals surface area contributed by atoms with Crippen LogP contribution in [0.2, 0.25) is 0 Å². The second-order valence-electron chi connectivity index (χ2n) is 3.51. The van der Waals surface area contributed by atoms with Gasteiger partial charge in [-0.05, 0) is 12.8 Å². The van der Waals surface area contributed by atoms with Gasteiger partial charge in [0, 0.05) is 6.92 Å². The number of aliphatic carboxylic acids is 1. The zero-order chi connectivity index (χ0) is 14.7. The summed E-state index contributed by atoms with van der Waals surface area (Å²) in [6, 6.07) is -0.771. The highest BCUT2D eigenvalue weighted by Gasteiger charge is 2.11. The quantitative estimate of drug-likeness (QED) is 0.272. The fourth-order valence-electron chi connectivity index (χ4n) is 0.888. The highest BCUT2D eigenvalue weighted by Crippen LogP contribution is 2.02. The standard InChI is InChI=1S/C8H18N6.C2H4O2/c1-3-5(7(9)10)13-14-6(4-2)8(11)12;1-2(3)4/h5-6H,3-4H2,1-2H3,(H3,9,10)(H3,11,12);1H3,(H,3,4)/b14-13+;. The number of carboxylic acids is 1. The first-order valence-corrected chi connectivity index (χ1v) is 5.53. The molecule has 0 aromatic rings. The van der Waals surface area contributed by atoms with E-state index in [-0.39, 0.29) is 23.8 Å². The molecule has 104 valence electrons. The number of carbonyl (C=O) groups is 1. The van der Waals surface area contributed by atoms with Crippen molar-refractivity contribution >= 4 is 17.6 Å². The minimum absolute atomic E-state index is 0.00495. The molecular formula is C10H22N6O2. The third-order valence-electron chi connectivity index (χ3n) is 1.84. The maximum absolute atomic E-state index is 9.00. The number of nitrogens with one attached hydrogen (secondary N) is 2. The topological polar surface area (TPSA) is 162 Å². The van der Waals surface area contributed by atoms with Crippen LogP contribution in [0.3, 0.4) is 0 Å². The molecule has 0 aromatic heterocycles. The number of amidine groups is 2. The number of nitrogens with zero attached hydrogens (tertiary/aromatic N) is 2. The molecule has 0 heterocycles. The van der Waals surface area contributed by atoms with E-state index in [1.54, 1.807) is 0 Å². The van der Waals surface area contributed by atoms with Crippen LogP contribution in [-0.2, 0) is 4.79 Å². The first kappa shape index (κ1) is 18.4. The van der Waals surface area contributed by atoms with Crippen molar-refractivity contribution in [2.24, 2.45) is 21.7 Å². The number of nitrogens with two attached hydrogens (primary N) is 2. The third-order valence-corrected chi connectivity index (χ3v) is 1.84. The first-order chi connectivity index (χ1) is 8.26. The lowest BCUT2D eigenvalue weighted by molar-refractivity contribution is -0.134. The van der Waals surface area contributed by atoms with Gasteiger partial charge in [0.2, 0.25) is 0 Å². The summed E-state index contributed by atoms with van der Waals surface area (Å²) in [5.41, 5.74) is 10.6. The minimum atomic E-state index is -0.833. The Hall–Kier alpha value is -1.99. The van der Waals surface area contributed by atoms with Crippen LogP contribution in [0.25, 0.3) is 0 Å². The lowest BCUT2D eigenvalue weighted by Crippen LogP contribution is -2.28. The summed E-state index contributed by atoms with van der Waals surface area (Å²) in [5, 5.41) is 29.6. The molecule has 0 aliphatic rings. The van der Waals surface area contributed by atoms with Gasteiger partial charge in [-0.2, -0.15) is 10.2 Å². The highest BCUT2D eigenvalue weighted by molar-refractivity contribution is 5.83. The zero-order valence-electron chi connectivity index (χ0n) is 11.0. The Balaban J connectivity index is 0. The van der Waals surface area contributed by atoms with Crippen LogP contribution in [0.15, 0.2) is 10.2 Å². The molecule has 0 saturated carbocycles. The van der Waals surface area contributed by atoms with Gasteiger partial charge in [-0.25, -0.2) is 0 Å². The summed E-state index contributed by atoms with van der Waals surface area (Å²) >= 11 is 0. The maximum Gasteiger partial charge on any atom is 0.300 e. The maximum atomic E-state index is 9.00. The molecule has 0 aliphatic heterocycles. The Labute approximate surface area is 106 Å². The fraction of sp³-hybridized carbons (Fsp3) is 0.700. The first-order valence-electron chi connectivity index (χ1n) is 5.53. The van der Waals surface area contributed by atoms with Gasteiger partial charge in [0.15, 0.2) is 0 Å². The zero-order valence-corrected chi connectivity index (χ0v) is 11.0. The summed E-state index contributed by atoms with van der Waals surface area (Å²) in [5.74, 6) is -0.843. The van der Waals surface area contributed by atoms with Crippen LogP contribution < -0.4 is 11.5 Å². The SMILES string of the molecule is CC(=O)O.CCC(/N=N/C(CC)C(=N)N)C(=N)N. The van der Waals surface area contributed by atoms with Crippen molar-refractivity contribution < 1.29 is 9.90 Å². The second kappa shape index (κ2) is 10.2. The van der Waals surface area contributed by atoms with E-state index < -0.39 is 5.97 Å². The Morgan fingerprint density at radius 2 is 1.33 bits per heavy atom. The molecule has 8 nitrogen and oxygen atoms in total. The fourth-order valence-corrected chi connectivity index (χ4v) is 0.888. The van der Waals surface area contributed by atoms with Gasteiger partial charge in [-0.1, -0.05) is 13.8 Å². The molecular weight excluding hydrogens is 236 g/mol. The van der Waals surface area contributed by atoms with Crippen molar-refractivity contribution in [3.8, 4) is 0 Å². The van der Waals surface area contributed by atoms with E-state index >= 15 is 0 Å². The molecule has 0 rings (SSSR count). The summed E-state index contributed by atoms with van der Waals surface area (Å²) in [4.78, 5) is 9.00. The molecule has 0 amide bonds. The van der Waals surface area contributed by atoms with Crippen LogP contribution in [0.4, 0.5) is 0 Å². The molecule has 0 aromatic carbocycles. The number of azo groups is 1. The average Bonchev–Trinajstić information content (AvgIpc) is 2.22. The van der Waals surface area contributed by atoms with E-state index in [4.69, 9.17) is 32.2 Å². The van der Waals surface area contributed by atoms with Gasteiger partial charge in [0.1, 0.15) is 23.8 Å². The Morgan fingerprint density at radius 1 is 1.11 bits per heavy atom. The van der Waals surface area contributed by atoms with E-state index in [9.17, 15) is 0 Å². The van der Waals surface area contributed by atoms with Crippen molar-refractivity contribution in [3.63, 3.8) is 0 Å². The second-order valence-corrected chi connectivity index (χ2v) is 3.51. The molecule has 0 radical (unpaired) electrons. The summed E-state index contributed by atoms with van der Waals surface area (Å²) in [6.45, 7) is 4.83. The molecule has 7 N–H and O–H groups in total. The molecule has 2 unspecified atom stereocenters. The molecule has 18 heavy (non-hydrogen) atoms. The van der Waals surface area contributed by atoms with Crippen molar-refractivity contribution in [1.82, 2.24) is 0 Å². The molecule has 0 bridgehead atoms. The van der Waals surface area contributed by atoms with Gasteiger partial charge >= 0.3 is 0 Å². The van der Waals surface area contributed by atoms with Crippen LogP contribution in [-0.4, -0.2) is 34.8 Å². The number of carboxylic acid groups (broad SMARTS) is 1. The highest BCUT2D eigenvalue weighted by atomic mass is 16.4. The predicted molar refractivity (Wildman–Crippen MR) is 70.2 cm³/mol. The van der Waals surface area contributed by atoms with E-state index in [1.807, 2.05) is 13.8 Å². The van der Waals surface area contributed by atoms with Gasteiger partial charge in [-0.15, -0.1) is 0 Å². The van der Waals surface area contributed by atoms with E-state index in [0.29, 0.717) is 12.8 Å². The largest absolute Gasteiger partial charge is 0.481 e. The summed E-state index contributed by atoms with van der Waals surface area (Å²) < 4.78 is 0. The molecule has 0 fully saturated rings. The van der Waals surface area contributed by atoms with Crippen molar-refractivity contribution in [2.45, 2.75) is 45.7 Å². The van der Waals surface area contributed by atoms with E-state index in [1.165, 1.54) is 0 Å². The van der Waals surface area contributed by atoms with Crippen molar-refractivity contribution in [3.05, 3.63) is 0 Å². The number of rotatable bonds is 6. The van der Waals surface area contributed by atoms with Crippen LogP contribution in [0.5, 0.6) is 0 Å². The van der Waals surface area contributed by atoms with Crippen LogP contribution in [0.1, 0.15) is 33.6 Å². The van der Waals surface area contributed by atoms with Gasteiger partial charge < -0.3 is 16.6 Å². The Morgan fingerprint density at radius 3 is 1.44 bits per heavy atom. The van der Waals surface area contributed by atoms with Crippen molar-refractivity contribution in [2.75, 3.05) is 0 Å². The molecule has 0 aliphatic carbocycles. The summed E-state index contributed by atoms with van der Waals surface area (Å²) in [7, 11) is 0. The normalized spacial score (nSPS) is 13.3. The predicted octanol–water partition coefficient (Wildman–Crippen LogP) is 0.959. The average molecular weight is 258 g/mol. The van der Waals surface area contributed by atoms with E-state index in [0.717, 1.165) is 6.92 Å². The Bertz CT molecular complexity index is 287. The van der Waals surface area contributed by atoms with Crippen LogP contribution >= 0.6 is 0 Å². The molecule has 0 saturated heterocycles. The smallest absolute Gasteiger partial charge is 0.300 e. The molecule has 8 heteroatoms. The summed E-state index contributed by atoms with van der Waals surface area (Å²) in [6.07, 6.45) is 1.26. The van der Waals surface area contributed by atoms with Gasteiger partial charge in [0.25, 0.3) is 5.97 Å². The Kier molecular flexibility index (Phi) is 10.4. The third kappa shape index (κ3) is 10.5. The lowest BCUT2D eigenvalue weighted by Gasteiger charge is -2.09. The monoisotopic (exact) mass is 258 g/mol. The van der Waals surface area contributed by atoms with Crippen molar-refractivity contribution in [1.29, 1.82) is 10.8 Å². The van der Waals surface area contributed by atoms with Gasteiger partial charge in [0.05, 0.1) is 0 Å². The lowest BCUT2D eigenvalue weighted by atomic mass is 10.2. The molecule has 2 atom stereocenters. The van der Waals surface area contributed by atoms with Crippen LogP contribution in [0, 0.1) is 10.8 Å². The van der Waals surface area contributed by atoms with E-state index in [2.05, 4.69) is 10.2 Å².